The van der Waals surface area contributed by atoms with Crippen LogP contribution in [0.2, 0.25) is 0 Å². The number of carbonyl (C=O) groups is 2. The third-order valence-corrected chi connectivity index (χ3v) is 6.82. The zero-order chi connectivity index (χ0) is 21.1. The second-order valence-corrected chi connectivity index (χ2v) is 9.08. The van der Waals surface area contributed by atoms with E-state index < -0.39 is 0 Å². The van der Waals surface area contributed by atoms with Gasteiger partial charge in [0.1, 0.15) is 11.9 Å². The summed E-state index contributed by atoms with van der Waals surface area (Å²) in [6, 6.07) is 0.318. The third kappa shape index (κ3) is 4.82. The molecule has 1 aliphatic carbocycles. The van der Waals surface area contributed by atoms with Gasteiger partial charge in [0.15, 0.2) is 0 Å². The molecule has 0 aromatic carbocycles. The normalized spacial score (nSPS) is 24.9. The number of likely N-dealkylation sites (tertiary alicyclic amines) is 1. The first kappa shape index (κ1) is 21.2. The summed E-state index contributed by atoms with van der Waals surface area (Å²) in [4.78, 5) is 36.6. The van der Waals surface area contributed by atoms with Crippen molar-refractivity contribution >= 4 is 11.8 Å². The maximum absolute atomic E-state index is 12.6. The molecular weight excluding hydrogens is 380 g/mol. The molecule has 3 aliphatic rings. The molecule has 0 radical (unpaired) electrons. The van der Waals surface area contributed by atoms with Crippen molar-refractivity contribution in [2.45, 2.75) is 89.7 Å². The Bertz CT molecular complexity index is 762. The first-order valence-electron chi connectivity index (χ1n) is 11.5. The van der Waals surface area contributed by atoms with Crippen LogP contribution in [-0.4, -0.2) is 58.5 Å². The smallest absolute Gasteiger partial charge is 0.251 e. The van der Waals surface area contributed by atoms with Gasteiger partial charge in [-0.3, -0.25) is 9.59 Å². The van der Waals surface area contributed by atoms with Gasteiger partial charge in [0.25, 0.3) is 5.91 Å². The van der Waals surface area contributed by atoms with Gasteiger partial charge in [-0.15, -0.1) is 0 Å². The lowest BCUT2D eigenvalue weighted by molar-refractivity contribution is -0.139. The topological polar surface area (TPSA) is 84.4 Å². The highest BCUT2D eigenvalue weighted by molar-refractivity contribution is 5.81. The molecular formula is C23H34N4O3. The van der Waals surface area contributed by atoms with Crippen molar-refractivity contribution in [1.29, 1.82) is 0 Å². The van der Waals surface area contributed by atoms with Crippen molar-refractivity contribution in [3.63, 3.8) is 0 Å². The maximum Gasteiger partial charge on any atom is 0.251 e. The minimum atomic E-state index is -0.266. The van der Waals surface area contributed by atoms with Gasteiger partial charge in [-0.2, -0.15) is 0 Å². The van der Waals surface area contributed by atoms with Crippen molar-refractivity contribution in [1.82, 2.24) is 20.2 Å². The van der Waals surface area contributed by atoms with Crippen LogP contribution in [0.15, 0.2) is 0 Å². The van der Waals surface area contributed by atoms with Gasteiger partial charge in [0.05, 0.1) is 6.42 Å². The second kappa shape index (κ2) is 9.41. The minimum absolute atomic E-state index is 0.0682. The first-order valence-corrected chi connectivity index (χ1v) is 11.5. The molecule has 2 atom stereocenters. The van der Waals surface area contributed by atoms with Crippen LogP contribution in [0.4, 0.5) is 0 Å². The number of carbonyl (C=O) groups excluding carboxylic acids is 2. The SMILES string of the molecule is Cc1nc([C@@H]2CCN(C(=O)[C@H]3CCCO3)C2)nc(C)c1CC(=O)NC1CCCCC1. The van der Waals surface area contributed by atoms with E-state index in [0.717, 1.165) is 61.4 Å². The van der Waals surface area contributed by atoms with Gasteiger partial charge in [-0.1, -0.05) is 19.3 Å². The van der Waals surface area contributed by atoms with E-state index in [9.17, 15) is 9.59 Å². The molecule has 4 rings (SSSR count). The van der Waals surface area contributed by atoms with Crippen LogP contribution in [0.1, 0.15) is 80.1 Å². The summed E-state index contributed by atoms with van der Waals surface area (Å²) in [6.07, 6.45) is 8.59. The van der Waals surface area contributed by atoms with Crippen LogP contribution >= 0.6 is 0 Å². The third-order valence-electron chi connectivity index (χ3n) is 6.82. The summed E-state index contributed by atoms with van der Waals surface area (Å²) >= 11 is 0. The van der Waals surface area contributed by atoms with Crippen molar-refractivity contribution in [2.24, 2.45) is 0 Å². The highest BCUT2D eigenvalue weighted by Gasteiger charge is 2.35. The van der Waals surface area contributed by atoms with Crippen LogP contribution in [0.3, 0.4) is 0 Å². The summed E-state index contributed by atoms with van der Waals surface area (Å²) in [5.41, 5.74) is 2.68. The number of aryl methyl sites for hydroxylation is 2. The number of rotatable bonds is 5. The van der Waals surface area contributed by atoms with Gasteiger partial charge in [-0.05, 0) is 46.0 Å². The highest BCUT2D eigenvalue weighted by atomic mass is 16.5. The molecule has 3 fully saturated rings. The largest absolute Gasteiger partial charge is 0.368 e. The Labute approximate surface area is 179 Å². The minimum Gasteiger partial charge on any atom is -0.368 e. The van der Waals surface area contributed by atoms with Crippen molar-refractivity contribution in [3.05, 3.63) is 22.8 Å². The molecule has 1 N–H and O–H groups in total. The van der Waals surface area contributed by atoms with Crippen molar-refractivity contribution in [3.8, 4) is 0 Å². The Morgan fingerprint density at radius 2 is 1.77 bits per heavy atom. The molecule has 0 bridgehead atoms. The fourth-order valence-corrected chi connectivity index (χ4v) is 5.04. The van der Waals surface area contributed by atoms with Gasteiger partial charge in [-0.25, -0.2) is 9.97 Å². The summed E-state index contributed by atoms with van der Waals surface area (Å²) in [6.45, 7) is 6.00. The Morgan fingerprint density at radius 3 is 2.43 bits per heavy atom. The lowest BCUT2D eigenvalue weighted by atomic mass is 9.95. The van der Waals surface area contributed by atoms with E-state index >= 15 is 0 Å². The van der Waals surface area contributed by atoms with Crippen LogP contribution in [0.5, 0.6) is 0 Å². The zero-order valence-corrected chi connectivity index (χ0v) is 18.3. The Balaban J connectivity index is 1.37. The number of hydrogen-bond donors (Lipinski definition) is 1. The van der Waals surface area contributed by atoms with Gasteiger partial charge in [0, 0.05) is 48.6 Å². The van der Waals surface area contributed by atoms with Crippen LogP contribution in [-0.2, 0) is 20.7 Å². The van der Waals surface area contributed by atoms with Crippen LogP contribution in [0.25, 0.3) is 0 Å². The number of hydrogen-bond acceptors (Lipinski definition) is 5. The number of ether oxygens (including phenoxy) is 1. The monoisotopic (exact) mass is 414 g/mol. The fourth-order valence-electron chi connectivity index (χ4n) is 5.04. The number of nitrogens with zero attached hydrogens (tertiary/aromatic N) is 3. The van der Waals surface area contributed by atoms with Gasteiger partial charge in [0.2, 0.25) is 5.91 Å². The van der Waals surface area contributed by atoms with E-state index in [-0.39, 0.29) is 23.8 Å². The molecule has 7 nitrogen and oxygen atoms in total. The Kier molecular flexibility index (Phi) is 6.66. The quantitative estimate of drug-likeness (QED) is 0.801. The lowest BCUT2D eigenvalue weighted by Crippen LogP contribution is -2.37. The maximum atomic E-state index is 12.6. The molecule has 1 aromatic rings. The standard InChI is InChI=1S/C23H34N4O3/c1-15-19(13-21(28)26-18-7-4-3-5-8-18)16(2)25-22(24-15)17-10-11-27(14-17)23(29)20-9-6-12-30-20/h17-18,20H,3-14H2,1-2H3,(H,26,28)/t17-,20-/m1/s1. The first-order chi connectivity index (χ1) is 14.5. The molecule has 2 saturated heterocycles. The summed E-state index contributed by atoms with van der Waals surface area (Å²) < 4.78 is 5.55. The zero-order valence-electron chi connectivity index (χ0n) is 18.3. The van der Waals surface area contributed by atoms with Crippen molar-refractivity contribution in [2.75, 3.05) is 19.7 Å². The summed E-state index contributed by atoms with van der Waals surface area (Å²) in [5.74, 6) is 1.13. The van der Waals surface area contributed by atoms with E-state index in [1.807, 2.05) is 18.7 Å². The number of aromatic nitrogens is 2. The number of amides is 2. The lowest BCUT2D eigenvalue weighted by Gasteiger charge is -2.23. The van der Waals surface area contributed by atoms with E-state index in [1.54, 1.807) is 0 Å². The average Bonchev–Trinajstić information content (AvgIpc) is 3.43. The van der Waals surface area contributed by atoms with E-state index in [1.165, 1.54) is 19.3 Å². The molecule has 0 spiro atoms. The highest BCUT2D eigenvalue weighted by Crippen LogP contribution is 2.28. The summed E-state index contributed by atoms with van der Waals surface area (Å²) in [7, 11) is 0. The van der Waals surface area contributed by atoms with E-state index in [4.69, 9.17) is 14.7 Å². The van der Waals surface area contributed by atoms with Gasteiger partial charge < -0.3 is 15.0 Å². The molecule has 30 heavy (non-hydrogen) atoms. The molecule has 7 heteroatoms. The Morgan fingerprint density at radius 1 is 1.03 bits per heavy atom. The van der Waals surface area contributed by atoms with Crippen LogP contribution in [0, 0.1) is 13.8 Å². The van der Waals surface area contributed by atoms with E-state index in [0.29, 0.717) is 25.6 Å². The predicted octanol–water partition coefficient (Wildman–Crippen LogP) is 2.58. The average molecular weight is 415 g/mol. The molecule has 1 saturated carbocycles. The number of nitrogens with one attached hydrogen (secondary N) is 1. The predicted molar refractivity (Wildman–Crippen MR) is 113 cm³/mol. The fraction of sp³-hybridized carbons (Fsp3) is 0.739. The second-order valence-electron chi connectivity index (χ2n) is 9.08. The van der Waals surface area contributed by atoms with Crippen molar-refractivity contribution < 1.29 is 14.3 Å². The molecule has 164 valence electrons. The summed E-state index contributed by atoms with van der Waals surface area (Å²) in [5, 5.41) is 3.19. The molecule has 3 heterocycles. The molecule has 2 amide bonds. The Hall–Kier alpha value is -2.02. The molecule has 0 unspecified atom stereocenters. The van der Waals surface area contributed by atoms with E-state index in [2.05, 4.69) is 5.32 Å². The van der Waals surface area contributed by atoms with Gasteiger partial charge >= 0.3 is 0 Å². The molecule has 1 aromatic heterocycles. The molecule has 2 aliphatic heterocycles. The van der Waals surface area contributed by atoms with Crippen LogP contribution < -0.4 is 5.32 Å².